The highest BCUT2D eigenvalue weighted by molar-refractivity contribution is 6.16. The molecule has 43 heavy (non-hydrogen) atoms. The highest BCUT2D eigenvalue weighted by atomic mass is 19.4. The molecule has 0 bridgehead atoms. The summed E-state index contributed by atoms with van der Waals surface area (Å²) in [7, 11) is 0. The average molecular weight is 587 g/mol. The number of nitrogens with zero attached hydrogens (tertiary/aromatic N) is 6. The van der Waals surface area contributed by atoms with Gasteiger partial charge < -0.3 is 4.74 Å². The minimum atomic E-state index is -4.76. The fourth-order valence-corrected chi connectivity index (χ4v) is 4.63. The van der Waals surface area contributed by atoms with Crippen molar-refractivity contribution in [3.05, 3.63) is 90.8 Å². The van der Waals surface area contributed by atoms with Crippen LogP contribution in [0.3, 0.4) is 0 Å². The monoisotopic (exact) mass is 586 g/mol. The number of alkyl halides is 3. The van der Waals surface area contributed by atoms with Gasteiger partial charge in [-0.05, 0) is 79.1 Å². The Morgan fingerprint density at radius 2 is 1.77 bits per heavy atom. The number of rotatable bonds is 7. The van der Waals surface area contributed by atoms with Crippen LogP contribution in [0.4, 0.5) is 24.7 Å². The Morgan fingerprint density at radius 1 is 1.02 bits per heavy atom. The first-order chi connectivity index (χ1) is 20.5. The van der Waals surface area contributed by atoms with Crippen molar-refractivity contribution in [1.29, 1.82) is 0 Å². The molecule has 0 spiro atoms. The van der Waals surface area contributed by atoms with Crippen molar-refractivity contribution in [2.45, 2.75) is 46.4 Å². The van der Waals surface area contributed by atoms with E-state index in [1.54, 1.807) is 24.8 Å². The van der Waals surface area contributed by atoms with Gasteiger partial charge in [-0.3, -0.25) is 9.69 Å². The molecule has 0 aliphatic heterocycles. The van der Waals surface area contributed by atoms with Crippen LogP contribution < -0.4 is 9.64 Å². The summed E-state index contributed by atoms with van der Waals surface area (Å²) in [6.45, 7) is 7.81. The van der Waals surface area contributed by atoms with Crippen molar-refractivity contribution in [3.8, 4) is 22.8 Å². The molecule has 0 N–H and O–H groups in total. The zero-order valence-electron chi connectivity index (χ0n) is 24.0. The summed E-state index contributed by atoms with van der Waals surface area (Å²) in [6, 6.07) is 22.4. The predicted octanol–water partition coefficient (Wildman–Crippen LogP) is 8.00. The molecule has 0 aliphatic carbocycles. The molecule has 2 aromatic heterocycles. The summed E-state index contributed by atoms with van der Waals surface area (Å²) in [5, 5.41) is 5.29. The standard InChI is InChI=1S/C32H29F3N6O2/c1-5-30(42)41(21(4)37-28-9-7-6-8-26(28)20(2)3)29-17-11-22-18-23(10-16-27(22)38-29)31-36-19-40(39-31)24-12-14-25(15-13-24)43-32(33,34)35/h6-20H,5H2,1-4H3/b37-21-. The topological polar surface area (TPSA) is 85.5 Å². The van der Waals surface area contributed by atoms with Gasteiger partial charge in [0.15, 0.2) is 5.82 Å². The number of halogens is 3. The second-order valence-corrected chi connectivity index (χ2v) is 10.1. The number of carbonyl (C=O) groups is 1. The number of fused-ring (bicyclic) bond motifs is 1. The average Bonchev–Trinajstić information content (AvgIpc) is 3.47. The van der Waals surface area contributed by atoms with E-state index in [0.717, 1.165) is 22.2 Å². The summed E-state index contributed by atoms with van der Waals surface area (Å²) >= 11 is 0. The van der Waals surface area contributed by atoms with Gasteiger partial charge in [-0.1, -0.05) is 39.0 Å². The van der Waals surface area contributed by atoms with Crippen LogP contribution in [0.1, 0.15) is 45.6 Å². The second-order valence-electron chi connectivity index (χ2n) is 10.1. The maximum atomic E-state index is 13.1. The zero-order chi connectivity index (χ0) is 30.7. The minimum absolute atomic E-state index is 0.125. The number of aromatic nitrogens is 4. The van der Waals surface area contributed by atoms with Crippen molar-refractivity contribution in [2.24, 2.45) is 4.99 Å². The van der Waals surface area contributed by atoms with Crippen molar-refractivity contribution < 1.29 is 22.7 Å². The molecule has 2 heterocycles. The van der Waals surface area contributed by atoms with Crippen molar-refractivity contribution >= 4 is 34.2 Å². The van der Waals surface area contributed by atoms with Gasteiger partial charge in [0.05, 0.1) is 16.9 Å². The lowest BCUT2D eigenvalue weighted by molar-refractivity contribution is -0.274. The maximum absolute atomic E-state index is 13.1. The molecule has 0 saturated heterocycles. The van der Waals surface area contributed by atoms with Gasteiger partial charge in [0.1, 0.15) is 23.7 Å². The van der Waals surface area contributed by atoms with Gasteiger partial charge in [-0.25, -0.2) is 19.6 Å². The molecule has 0 unspecified atom stereocenters. The highest BCUT2D eigenvalue weighted by Gasteiger charge is 2.31. The summed E-state index contributed by atoms with van der Waals surface area (Å²) in [4.78, 5) is 28.6. The van der Waals surface area contributed by atoms with Crippen LogP contribution in [0.2, 0.25) is 0 Å². The van der Waals surface area contributed by atoms with Crippen molar-refractivity contribution in [1.82, 2.24) is 19.7 Å². The van der Waals surface area contributed by atoms with E-state index >= 15 is 0 Å². The molecule has 3 aromatic carbocycles. The fourth-order valence-electron chi connectivity index (χ4n) is 4.63. The first kappa shape index (κ1) is 29.4. The third-order valence-electron chi connectivity index (χ3n) is 6.70. The first-order valence-corrected chi connectivity index (χ1v) is 13.7. The molecular formula is C32H29F3N6O2. The van der Waals surface area contributed by atoms with E-state index in [1.165, 1.54) is 35.3 Å². The number of ether oxygens (including phenoxy) is 1. The Bertz CT molecular complexity index is 1800. The van der Waals surface area contributed by atoms with Crippen LogP contribution in [0, 0.1) is 0 Å². The number of benzene rings is 3. The number of pyridine rings is 1. The van der Waals surface area contributed by atoms with Crippen LogP contribution in [0.5, 0.6) is 5.75 Å². The molecule has 0 saturated carbocycles. The number of amidine groups is 1. The molecule has 0 fully saturated rings. The number of hydrogen-bond acceptors (Lipinski definition) is 6. The van der Waals surface area contributed by atoms with E-state index in [9.17, 15) is 18.0 Å². The number of hydrogen-bond donors (Lipinski definition) is 0. The largest absolute Gasteiger partial charge is 0.573 e. The molecule has 0 radical (unpaired) electrons. The molecule has 220 valence electrons. The fraction of sp³-hybridized carbons (Fsp3) is 0.219. The SMILES string of the molecule is CCC(=O)N(/C(C)=N\c1ccccc1C(C)C)c1ccc2cc(-c3ncn(-c4ccc(OC(F)(F)F)cc4)n3)ccc2n1. The van der Waals surface area contributed by atoms with Gasteiger partial charge in [-0.15, -0.1) is 18.3 Å². The minimum Gasteiger partial charge on any atom is -0.406 e. The number of amides is 1. The van der Waals surface area contributed by atoms with Crippen LogP contribution in [-0.2, 0) is 4.79 Å². The number of para-hydroxylation sites is 1. The van der Waals surface area contributed by atoms with Gasteiger partial charge in [0, 0.05) is 17.4 Å². The highest BCUT2D eigenvalue weighted by Crippen LogP contribution is 2.29. The first-order valence-electron chi connectivity index (χ1n) is 13.7. The summed E-state index contributed by atoms with van der Waals surface area (Å²) in [5.74, 6) is 1.25. The second kappa shape index (κ2) is 12.0. The maximum Gasteiger partial charge on any atom is 0.573 e. The molecule has 0 atom stereocenters. The zero-order valence-corrected chi connectivity index (χ0v) is 24.0. The van der Waals surface area contributed by atoms with E-state index in [0.29, 0.717) is 28.7 Å². The van der Waals surface area contributed by atoms with Crippen LogP contribution in [0.15, 0.2) is 90.2 Å². The van der Waals surface area contributed by atoms with Gasteiger partial charge in [0.2, 0.25) is 5.91 Å². The van der Waals surface area contributed by atoms with Crippen LogP contribution >= 0.6 is 0 Å². The molecule has 5 rings (SSSR count). The Labute approximate surface area is 246 Å². The third-order valence-corrected chi connectivity index (χ3v) is 6.70. The van der Waals surface area contributed by atoms with E-state index in [2.05, 4.69) is 28.7 Å². The Balaban J connectivity index is 1.42. The van der Waals surface area contributed by atoms with E-state index in [4.69, 9.17) is 9.98 Å². The molecule has 0 aliphatic rings. The predicted molar refractivity (Wildman–Crippen MR) is 160 cm³/mol. The smallest absolute Gasteiger partial charge is 0.406 e. The third kappa shape index (κ3) is 6.72. The molecule has 5 aromatic rings. The number of carbonyl (C=O) groups excluding carboxylic acids is 1. The number of aliphatic imine (C=N–C) groups is 1. The molecule has 8 nitrogen and oxygen atoms in total. The van der Waals surface area contributed by atoms with E-state index in [1.807, 2.05) is 48.5 Å². The molecular weight excluding hydrogens is 557 g/mol. The summed E-state index contributed by atoms with van der Waals surface area (Å²) < 4.78 is 42.8. The van der Waals surface area contributed by atoms with Crippen LogP contribution in [0.25, 0.3) is 28.0 Å². The Morgan fingerprint density at radius 3 is 2.47 bits per heavy atom. The normalized spacial score (nSPS) is 12.1. The molecule has 1 amide bonds. The van der Waals surface area contributed by atoms with Crippen molar-refractivity contribution in [2.75, 3.05) is 4.90 Å². The van der Waals surface area contributed by atoms with Gasteiger partial charge in [0.25, 0.3) is 0 Å². The molecule has 11 heteroatoms. The van der Waals surface area contributed by atoms with Gasteiger partial charge >= 0.3 is 6.36 Å². The lowest BCUT2D eigenvalue weighted by Crippen LogP contribution is -2.35. The Hall–Kier alpha value is -5.06. The lowest BCUT2D eigenvalue weighted by atomic mass is 10.0. The summed E-state index contributed by atoms with van der Waals surface area (Å²) in [5.41, 5.74) is 3.82. The Kier molecular flexibility index (Phi) is 8.24. The number of anilines is 1. The quantitative estimate of drug-likeness (QED) is 0.143. The van der Waals surface area contributed by atoms with E-state index < -0.39 is 6.36 Å². The van der Waals surface area contributed by atoms with Crippen LogP contribution in [-0.4, -0.2) is 37.9 Å². The van der Waals surface area contributed by atoms with Gasteiger partial charge in [-0.2, -0.15) is 0 Å². The van der Waals surface area contributed by atoms with E-state index in [-0.39, 0.29) is 24.0 Å². The van der Waals surface area contributed by atoms with Crippen molar-refractivity contribution in [3.63, 3.8) is 0 Å². The lowest BCUT2D eigenvalue weighted by Gasteiger charge is -2.22. The summed E-state index contributed by atoms with van der Waals surface area (Å²) in [6.07, 6.45) is -3.00.